The molecule has 3 heterocycles. The molecule has 6 nitrogen and oxygen atoms in total. The maximum atomic E-state index is 13.0. The summed E-state index contributed by atoms with van der Waals surface area (Å²) in [4.78, 5) is 31.1. The van der Waals surface area contributed by atoms with Crippen molar-refractivity contribution >= 4 is 23.4 Å². The van der Waals surface area contributed by atoms with Gasteiger partial charge in [-0.15, -0.1) is 0 Å². The van der Waals surface area contributed by atoms with Gasteiger partial charge in [-0.05, 0) is 59.1 Å². The summed E-state index contributed by atoms with van der Waals surface area (Å²) in [6.45, 7) is 3.74. The van der Waals surface area contributed by atoms with E-state index >= 15 is 0 Å². The number of likely N-dealkylation sites (tertiary alicyclic amines) is 1. The van der Waals surface area contributed by atoms with Crippen LogP contribution in [0.3, 0.4) is 0 Å². The van der Waals surface area contributed by atoms with Gasteiger partial charge in [0.2, 0.25) is 0 Å². The molecule has 36 heavy (non-hydrogen) atoms. The van der Waals surface area contributed by atoms with Crippen molar-refractivity contribution in [3.05, 3.63) is 82.8 Å². The Bertz CT molecular complexity index is 1260. The maximum absolute atomic E-state index is 13.0. The summed E-state index contributed by atoms with van der Waals surface area (Å²) >= 11 is 5.76. The quantitative estimate of drug-likeness (QED) is 0.494. The molecular formula is C26H23ClF3N3O3. The van der Waals surface area contributed by atoms with Crippen molar-refractivity contribution in [1.82, 2.24) is 14.7 Å². The van der Waals surface area contributed by atoms with Gasteiger partial charge in [-0.25, -0.2) is 0 Å². The Morgan fingerprint density at radius 2 is 1.53 bits per heavy atom. The first kappa shape index (κ1) is 24.4. The Morgan fingerprint density at radius 1 is 0.833 bits per heavy atom. The molecule has 2 saturated heterocycles. The molecule has 1 aromatic heterocycles. The predicted octanol–water partition coefficient (Wildman–Crippen LogP) is 4.90. The van der Waals surface area contributed by atoms with Crippen LogP contribution in [-0.4, -0.2) is 71.8 Å². The smallest absolute Gasteiger partial charge is 0.416 e. The van der Waals surface area contributed by atoms with Crippen molar-refractivity contribution in [3.63, 3.8) is 0 Å². The van der Waals surface area contributed by atoms with Gasteiger partial charge in [-0.2, -0.15) is 13.2 Å². The molecule has 10 heteroatoms. The minimum absolute atomic E-state index is 0.106. The summed E-state index contributed by atoms with van der Waals surface area (Å²) in [5, 5.41) is 0.182. The van der Waals surface area contributed by atoms with Crippen LogP contribution in [0.5, 0.6) is 0 Å². The van der Waals surface area contributed by atoms with E-state index in [1.165, 1.54) is 6.07 Å². The Hall–Kier alpha value is -3.30. The number of carbonyl (C=O) groups excluding carboxylic acids is 2. The zero-order valence-corrected chi connectivity index (χ0v) is 19.9. The summed E-state index contributed by atoms with van der Waals surface area (Å²) < 4.78 is 44.2. The summed E-state index contributed by atoms with van der Waals surface area (Å²) in [7, 11) is 0. The number of furan rings is 1. The van der Waals surface area contributed by atoms with Crippen LogP contribution in [0.15, 0.2) is 65.1 Å². The molecule has 0 spiro atoms. The number of nitrogens with zero attached hydrogens (tertiary/aromatic N) is 3. The predicted molar refractivity (Wildman–Crippen MR) is 128 cm³/mol. The minimum atomic E-state index is -4.41. The van der Waals surface area contributed by atoms with E-state index in [2.05, 4.69) is 4.90 Å². The lowest BCUT2D eigenvalue weighted by Crippen LogP contribution is -2.64. The van der Waals surface area contributed by atoms with Crippen LogP contribution >= 0.6 is 11.6 Å². The Kier molecular flexibility index (Phi) is 6.53. The van der Waals surface area contributed by atoms with Crippen molar-refractivity contribution in [1.29, 1.82) is 0 Å². The average Bonchev–Trinajstić information content (AvgIpc) is 3.29. The lowest BCUT2D eigenvalue weighted by atomic mass is 10.00. The molecule has 0 radical (unpaired) electrons. The molecule has 0 N–H and O–H groups in total. The topological polar surface area (TPSA) is 57.0 Å². The fraction of sp³-hybridized carbons (Fsp3) is 0.308. The highest BCUT2D eigenvalue weighted by Gasteiger charge is 2.37. The summed E-state index contributed by atoms with van der Waals surface area (Å²) in [5.41, 5.74) is 0.850. The van der Waals surface area contributed by atoms with Gasteiger partial charge < -0.3 is 14.2 Å². The van der Waals surface area contributed by atoms with E-state index in [0.717, 1.165) is 12.1 Å². The number of alkyl halides is 3. The number of halogens is 4. The number of carbonyl (C=O) groups is 2. The molecule has 2 amide bonds. The third kappa shape index (κ3) is 4.99. The zero-order chi connectivity index (χ0) is 25.4. The van der Waals surface area contributed by atoms with Crippen molar-refractivity contribution in [2.24, 2.45) is 0 Å². The molecule has 0 saturated carbocycles. The number of hydrogen-bond donors (Lipinski definition) is 0. The van der Waals surface area contributed by atoms with Gasteiger partial charge >= 0.3 is 6.18 Å². The van der Waals surface area contributed by atoms with Gasteiger partial charge in [0.1, 0.15) is 0 Å². The molecule has 2 aliphatic rings. The van der Waals surface area contributed by atoms with Crippen LogP contribution in [0.25, 0.3) is 11.1 Å². The van der Waals surface area contributed by atoms with E-state index in [4.69, 9.17) is 16.0 Å². The van der Waals surface area contributed by atoms with Crippen molar-refractivity contribution < 1.29 is 27.2 Å². The Labute approximate surface area is 210 Å². The highest BCUT2D eigenvalue weighted by Crippen LogP contribution is 2.32. The summed E-state index contributed by atoms with van der Waals surface area (Å²) in [6.07, 6.45) is -4.41. The van der Waals surface area contributed by atoms with Crippen LogP contribution in [0.2, 0.25) is 5.22 Å². The molecule has 5 rings (SSSR count). The highest BCUT2D eigenvalue weighted by molar-refractivity contribution is 6.29. The summed E-state index contributed by atoms with van der Waals surface area (Å²) in [6, 6.07) is 15.1. The van der Waals surface area contributed by atoms with Crippen LogP contribution < -0.4 is 0 Å². The van der Waals surface area contributed by atoms with E-state index in [0.29, 0.717) is 56.0 Å². The molecule has 188 valence electrons. The third-order valence-electron chi connectivity index (χ3n) is 6.71. The van der Waals surface area contributed by atoms with Gasteiger partial charge in [0, 0.05) is 50.9 Å². The Balaban J connectivity index is 1.13. The lowest BCUT2D eigenvalue weighted by Gasteiger charge is -2.48. The van der Waals surface area contributed by atoms with Gasteiger partial charge in [0.25, 0.3) is 11.8 Å². The van der Waals surface area contributed by atoms with Crippen LogP contribution in [0.4, 0.5) is 13.2 Å². The number of benzene rings is 2. The second kappa shape index (κ2) is 9.63. The normalized spacial score (nSPS) is 17.2. The second-order valence-corrected chi connectivity index (χ2v) is 9.32. The molecule has 2 fully saturated rings. The SMILES string of the molecule is O=C(c1ccc(-c2cccc(C(F)(F)F)c2)cc1)N1CC(N2CCN(C(=O)c3ccc(Cl)o3)CC2)C1. The number of amides is 2. The molecule has 2 aromatic carbocycles. The van der Waals surface area contributed by atoms with E-state index in [-0.39, 0.29) is 28.8 Å². The number of piperazine rings is 1. The fourth-order valence-electron chi connectivity index (χ4n) is 4.59. The molecule has 0 unspecified atom stereocenters. The molecule has 3 aromatic rings. The zero-order valence-electron chi connectivity index (χ0n) is 19.2. The van der Waals surface area contributed by atoms with Gasteiger partial charge in [-0.3, -0.25) is 14.5 Å². The van der Waals surface area contributed by atoms with Crippen molar-refractivity contribution in [3.8, 4) is 11.1 Å². The second-order valence-electron chi connectivity index (χ2n) is 8.95. The van der Waals surface area contributed by atoms with E-state index in [1.54, 1.807) is 52.3 Å². The van der Waals surface area contributed by atoms with Gasteiger partial charge in [-0.1, -0.05) is 24.3 Å². The van der Waals surface area contributed by atoms with E-state index in [1.807, 2.05) is 0 Å². The fourth-order valence-corrected chi connectivity index (χ4v) is 4.74. The van der Waals surface area contributed by atoms with Gasteiger partial charge in [0.05, 0.1) is 5.56 Å². The van der Waals surface area contributed by atoms with Crippen LogP contribution in [-0.2, 0) is 6.18 Å². The summed E-state index contributed by atoms with van der Waals surface area (Å²) in [5.74, 6) is -0.0566. The van der Waals surface area contributed by atoms with E-state index in [9.17, 15) is 22.8 Å². The lowest BCUT2D eigenvalue weighted by molar-refractivity contribution is -0.137. The van der Waals surface area contributed by atoms with Crippen LogP contribution in [0.1, 0.15) is 26.5 Å². The molecule has 2 aliphatic heterocycles. The minimum Gasteiger partial charge on any atom is -0.440 e. The van der Waals surface area contributed by atoms with E-state index < -0.39 is 11.7 Å². The largest absolute Gasteiger partial charge is 0.440 e. The monoisotopic (exact) mass is 517 g/mol. The number of rotatable bonds is 4. The molecule has 0 atom stereocenters. The average molecular weight is 518 g/mol. The Morgan fingerprint density at radius 3 is 2.14 bits per heavy atom. The first-order chi connectivity index (χ1) is 17.2. The van der Waals surface area contributed by atoms with Crippen molar-refractivity contribution in [2.75, 3.05) is 39.3 Å². The van der Waals surface area contributed by atoms with Gasteiger partial charge in [0.15, 0.2) is 11.0 Å². The van der Waals surface area contributed by atoms with Crippen LogP contribution in [0, 0.1) is 0 Å². The molecular weight excluding hydrogens is 495 g/mol. The number of hydrogen-bond acceptors (Lipinski definition) is 4. The first-order valence-corrected chi connectivity index (χ1v) is 11.9. The van der Waals surface area contributed by atoms with Crippen molar-refractivity contribution in [2.45, 2.75) is 12.2 Å². The molecule has 0 bridgehead atoms. The molecule has 0 aliphatic carbocycles. The maximum Gasteiger partial charge on any atom is 0.416 e. The first-order valence-electron chi connectivity index (χ1n) is 11.5. The standard InChI is InChI=1S/C26H23ClF3N3O3/c27-23-9-8-22(36-23)25(35)32-12-10-31(11-13-32)21-15-33(16-21)24(34)18-6-4-17(5-7-18)19-2-1-3-20(14-19)26(28,29)30/h1-9,14,21H,10-13,15-16H2. The third-order valence-corrected chi connectivity index (χ3v) is 6.91. The highest BCUT2D eigenvalue weighted by atomic mass is 35.5.